The van der Waals surface area contributed by atoms with Crippen LogP contribution in [0.2, 0.25) is 0 Å². The van der Waals surface area contributed by atoms with Gasteiger partial charge in [-0.15, -0.1) is 24.2 Å². The largest absolute Gasteiger partial charge is 0.416 e. The molecule has 0 unspecified atom stereocenters. The van der Waals surface area contributed by atoms with E-state index in [1.54, 1.807) is 0 Å². The number of rotatable bonds is 5. The first kappa shape index (κ1) is 18.1. The van der Waals surface area contributed by atoms with Crippen LogP contribution in [-0.2, 0) is 11.0 Å². The molecule has 0 radical (unpaired) electrons. The van der Waals surface area contributed by atoms with Crippen molar-refractivity contribution in [2.45, 2.75) is 11.1 Å². The molecular formula is C11H14ClF3N2OS. The standard InChI is InChI=1S/C11H13F3N2OS.ClH/c12-11(13,14)8-2-1-3-9(6-8)18-7-10(17)16-5-4-15;/h1-3,6H,4-5,7,15H2,(H,16,17);1H. The van der Waals surface area contributed by atoms with Gasteiger partial charge in [-0.25, -0.2) is 0 Å². The summed E-state index contributed by atoms with van der Waals surface area (Å²) in [5.41, 5.74) is 4.49. The molecule has 1 aromatic rings. The highest BCUT2D eigenvalue weighted by molar-refractivity contribution is 8.00. The maximum Gasteiger partial charge on any atom is 0.416 e. The number of alkyl halides is 3. The molecule has 0 aliphatic carbocycles. The molecule has 0 spiro atoms. The molecule has 0 aromatic heterocycles. The number of amides is 1. The van der Waals surface area contributed by atoms with E-state index in [1.807, 2.05) is 0 Å². The number of carbonyl (C=O) groups is 1. The number of benzene rings is 1. The van der Waals surface area contributed by atoms with Crippen LogP contribution in [0.5, 0.6) is 0 Å². The van der Waals surface area contributed by atoms with E-state index in [9.17, 15) is 18.0 Å². The summed E-state index contributed by atoms with van der Waals surface area (Å²) in [5.74, 6) is -0.177. The fraction of sp³-hybridized carbons (Fsp3) is 0.364. The summed E-state index contributed by atoms with van der Waals surface area (Å²) in [6, 6.07) is 4.89. The molecular weight excluding hydrogens is 301 g/mol. The minimum Gasteiger partial charge on any atom is -0.354 e. The maximum absolute atomic E-state index is 12.4. The van der Waals surface area contributed by atoms with Crippen LogP contribution >= 0.6 is 24.2 Å². The smallest absolute Gasteiger partial charge is 0.354 e. The Balaban J connectivity index is 0.00000324. The molecule has 0 heterocycles. The minimum atomic E-state index is -4.36. The Hall–Kier alpha value is -0.920. The molecule has 0 fully saturated rings. The molecule has 0 bridgehead atoms. The van der Waals surface area contributed by atoms with Gasteiger partial charge in [-0.1, -0.05) is 6.07 Å². The third-order valence-electron chi connectivity index (χ3n) is 2.00. The summed E-state index contributed by atoms with van der Waals surface area (Å²) >= 11 is 1.06. The van der Waals surface area contributed by atoms with Crippen LogP contribution in [0.1, 0.15) is 5.56 Å². The van der Waals surface area contributed by atoms with Crippen LogP contribution in [0.25, 0.3) is 0 Å². The van der Waals surface area contributed by atoms with Gasteiger partial charge in [0.15, 0.2) is 0 Å². The van der Waals surface area contributed by atoms with Crippen molar-refractivity contribution < 1.29 is 18.0 Å². The number of hydrogen-bond donors (Lipinski definition) is 2. The molecule has 8 heteroatoms. The van der Waals surface area contributed by atoms with E-state index in [0.717, 1.165) is 23.9 Å². The van der Waals surface area contributed by atoms with E-state index in [1.165, 1.54) is 12.1 Å². The molecule has 1 rings (SSSR count). The third-order valence-corrected chi connectivity index (χ3v) is 2.99. The van der Waals surface area contributed by atoms with Crippen molar-refractivity contribution in [1.29, 1.82) is 0 Å². The summed E-state index contributed by atoms with van der Waals surface area (Å²) in [6.45, 7) is 0.696. The number of carbonyl (C=O) groups excluding carboxylic acids is 1. The van der Waals surface area contributed by atoms with Gasteiger partial charge in [0, 0.05) is 18.0 Å². The van der Waals surface area contributed by atoms with Gasteiger partial charge in [0.25, 0.3) is 0 Å². The van der Waals surface area contributed by atoms with Gasteiger partial charge < -0.3 is 11.1 Å². The first-order chi connectivity index (χ1) is 8.43. The Labute approximate surface area is 119 Å². The number of nitrogens with two attached hydrogens (primary N) is 1. The average Bonchev–Trinajstić information content (AvgIpc) is 2.33. The molecule has 19 heavy (non-hydrogen) atoms. The quantitative estimate of drug-likeness (QED) is 0.820. The first-order valence-corrected chi connectivity index (χ1v) is 6.19. The van der Waals surface area contributed by atoms with Crippen molar-refractivity contribution in [3.05, 3.63) is 29.8 Å². The van der Waals surface area contributed by atoms with Crippen LogP contribution in [-0.4, -0.2) is 24.7 Å². The molecule has 3 N–H and O–H groups in total. The summed E-state index contributed by atoms with van der Waals surface area (Å²) in [7, 11) is 0. The first-order valence-electron chi connectivity index (χ1n) is 5.20. The van der Waals surface area contributed by atoms with E-state index in [4.69, 9.17) is 5.73 Å². The lowest BCUT2D eigenvalue weighted by atomic mass is 10.2. The normalized spacial score (nSPS) is 10.7. The second-order valence-electron chi connectivity index (χ2n) is 3.45. The molecule has 0 aliphatic heterocycles. The van der Waals surface area contributed by atoms with E-state index in [-0.39, 0.29) is 24.1 Å². The Morgan fingerprint density at radius 1 is 1.37 bits per heavy atom. The second kappa shape index (κ2) is 8.29. The molecule has 1 aromatic carbocycles. The van der Waals surface area contributed by atoms with E-state index >= 15 is 0 Å². The van der Waals surface area contributed by atoms with Crippen molar-refractivity contribution in [2.75, 3.05) is 18.8 Å². The Kier molecular flexibility index (Phi) is 7.89. The van der Waals surface area contributed by atoms with Crippen molar-refractivity contribution in [1.82, 2.24) is 5.32 Å². The van der Waals surface area contributed by atoms with Crippen molar-refractivity contribution in [3.63, 3.8) is 0 Å². The Bertz CT molecular complexity index is 415. The average molecular weight is 315 g/mol. The third kappa shape index (κ3) is 6.70. The lowest BCUT2D eigenvalue weighted by Crippen LogP contribution is -2.30. The Morgan fingerprint density at radius 3 is 2.63 bits per heavy atom. The van der Waals surface area contributed by atoms with Gasteiger partial charge in [-0.2, -0.15) is 13.2 Å². The molecule has 0 saturated heterocycles. The summed E-state index contributed by atoms with van der Waals surface area (Å²) in [6.07, 6.45) is -4.36. The van der Waals surface area contributed by atoms with Crippen LogP contribution < -0.4 is 11.1 Å². The summed E-state index contributed by atoms with van der Waals surface area (Å²) in [5, 5.41) is 2.54. The predicted octanol–water partition coefficient (Wildman–Crippen LogP) is 2.29. The van der Waals surface area contributed by atoms with Gasteiger partial charge in [-0.3, -0.25) is 4.79 Å². The fourth-order valence-electron chi connectivity index (χ4n) is 1.17. The molecule has 1 amide bonds. The van der Waals surface area contributed by atoms with E-state index < -0.39 is 11.7 Å². The predicted molar refractivity (Wildman–Crippen MR) is 71.5 cm³/mol. The van der Waals surface area contributed by atoms with Gasteiger partial charge in [-0.05, 0) is 18.2 Å². The molecule has 0 saturated carbocycles. The van der Waals surface area contributed by atoms with Crippen molar-refractivity contribution in [3.8, 4) is 0 Å². The maximum atomic E-state index is 12.4. The summed E-state index contributed by atoms with van der Waals surface area (Å²) < 4.78 is 37.3. The van der Waals surface area contributed by atoms with E-state index in [2.05, 4.69) is 5.32 Å². The zero-order valence-corrected chi connectivity index (χ0v) is 11.5. The lowest BCUT2D eigenvalue weighted by molar-refractivity contribution is -0.137. The summed E-state index contributed by atoms with van der Waals surface area (Å²) in [4.78, 5) is 11.7. The highest BCUT2D eigenvalue weighted by Gasteiger charge is 2.30. The van der Waals surface area contributed by atoms with Crippen LogP contribution in [0, 0.1) is 0 Å². The van der Waals surface area contributed by atoms with Gasteiger partial charge in [0.1, 0.15) is 0 Å². The van der Waals surface area contributed by atoms with Gasteiger partial charge in [0.2, 0.25) is 5.91 Å². The van der Waals surface area contributed by atoms with Crippen LogP contribution in [0.4, 0.5) is 13.2 Å². The monoisotopic (exact) mass is 314 g/mol. The second-order valence-corrected chi connectivity index (χ2v) is 4.50. The molecule has 3 nitrogen and oxygen atoms in total. The van der Waals surface area contributed by atoms with E-state index in [0.29, 0.717) is 18.0 Å². The number of halogens is 4. The molecule has 0 aliphatic rings. The zero-order valence-electron chi connectivity index (χ0n) is 9.87. The number of thioether (sulfide) groups is 1. The highest BCUT2D eigenvalue weighted by atomic mass is 35.5. The molecule has 108 valence electrons. The highest BCUT2D eigenvalue weighted by Crippen LogP contribution is 2.31. The zero-order chi connectivity index (χ0) is 13.6. The fourth-order valence-corrected chi connectivity index (χ4v) is 1.96. The van der Waals surface area contributed by atoms with Crippen LogP contribution in [0.15, 0.2) is 29.2 Å². The number of nitrogens with one attached hydrogen (secondary N) is 1. The van der Waals surface area contributed by atoms with Crippen LogP contribution in [0.3, 0.4) is 0 Å². The van der Waals surface area contributed by atoms with Crippen molar-refractivity contribution >= 4 is 30.1 Å². The topological polar surface area (TPSA) is 55.1 Å². The SMILES string of the molecule is Cl.NCCNC(=O)CSc1cccc(C(F)(F)F)c1. The molecule has 0 atom stereocenters. The lowest BCUT2D eigenvalue weighted by Gasteiger charge is -2.08. The van der Waals surface area contributed by atoms with Gasteiger partial charge in [0.05, 0.1) is 11.3 Å². The number of hydrogen-bond acceptors (Lipinski definition) is 3. The van der Waals surface area contributed by atoms with Crippen molar-refractivity contribution in [2.24, 2.45) is 5.73 Å². The Morgan fingerprint density at radius 2 is 2.05 bits per heavy atom. The van der Waals surface area contributed by atoms with Gasteiger partial charge >= 0.3 is 6.18 Å². The minimum absolute atomic E-state index is 0.